The highest BCUT2D eigenvalue weighted by Gasteiger charge is 2.21. The first-order valence-corrected chi connectivity index (χ1v) is 5.72. The number of morpholine rings is 1. The quantitative estimate of drug-likeness (QED) is 0.456. The van der Waals surface area contributed by atoms with Gasteiger partial charge in [-0.15, -0.1) is 0 Å². The molecule has 0 aliphatic carbocycles. The van der Waals surface area contributed by atoms with Crippen LogP contribution in [0.4, 0.5) is 17.1 Å². The Kier molecular flexibility index (Phi) is 3.63. The van der Waals surface area contributed by atoms with Crippen LogP contribution in [0.2, 0.25) is 0 Å². The molecule has 4 N–H and O–H groups in total. The second-order valence-electron chi connectivity index (χ2n) is 4.17. The molecule has 0 spiro atoms. The van der Waals surface area contributed by atoms with Gasteiger partial charge in [0.25, 0.3) is 5.69 Å². The predicted molar refractivity (Wildman–Crippen MR) is 68.5 cm³/mol. The van der Waals surface area contributed by atoms with Crippen molar-refractivity contribution in [3.8, 4) is 0 Å². The molecule has 1 fully saturated rings. The fraction of sp³-hybridized carbons (Fsp3) is 0.455. The molecule has 7 heteroatoms. The highest BCUT2D eigenvalue weighted by molar-refractivity contribution is 5.66. The lowest BCUT2D eigenvalue weighted by Crippen LogP contribution is -2.45. The summed E-state index contributed by atoms with van der Waals surface area (Å²) >= 11 is 0. The predicted octanol–water partition coefficient (Wildman–Crippen LogP) is 0.341. The van der Waals surface area contributed by atoms with Gasteiger partial charge in [-0.05, 0) is 12.1 Å². The number of hydrogen-bond donors (Lipinski definition) is 2. The number of nitro benzene ring substituents is 1. The average Bonchev–Trinajstić information content (AvgIpc) is 2.38. The molecule has 2 rings (SSSR count). The first-order valence-electron chi connectivity index (χ1n) is 5.72. The molecule has 98 valence electrons. The Morgan fingerprint density at radius 2 is 2.33 bits per heavy atom. The highest BCUT2D eigenvalue weighted by Crippen LogP contribution is 2.27. The van der Waals surface area contributed by atoms with Crippen LogP contribution in [0.5, 0.6) is 0 Å². The molecule has 1 heterocycles. The summed E-state index contributed by atoms with van der Waals surface area (Å²) in [5, 5.41) is 10.7. The van der Waals surface area contributed by atoms with Crippen LogP contribution in [0.25, 0.3) is 0 Å². The third-order valence-corrected chi connectivity index (χ3v) is 2.97. The molecule has 1 aromatic rings. The van der Waals surface area contributed by atoms with E-state index in [9.17, 15) is 10.1 Å². The number of hydrogen-bond acceptors (Lipinski definition) is 6. The lowest BCUT2D eigenvalue weighted by molar-refractivity contribution is -0.383. The largest absolute Gasteiger partial charge is 0.393 e. The molecule has 18 heavy (non-hydrogen) atoms. The van der Waals surface area contributed by atoms with E-state index in [1.807, 2.05) is 0 Å². The summed E-state index contributed by atoms with van der Waals surface area (Å²) in [6, 6.07) is 4.75. The van der Waals surface area contributed by atoms with E-state index in [4.69, 9.17) is 16.2 Å². The first kappa shape index (κ1) is 12.6. The van der Waals surface area contributed by atoms with Gasteiger partial charge in [-0.1, -0.05) is 0 Å². The van der Waals surface area contributed by atoms with Crippen LogP contribution in [0.1, 0.15) is 0 Å². The van der Waals surface area contributed by atoms with Crippen molar-refractivity contribution in [1.82, 2.24) is 0 Å². The molecule has 7 nitrogen and oxygen atoms in total. The van der Waals surface area contributed by atoms with E-state index in [0.29, 0.717) is 19.7 Å². The molecule has 0 amide bonds. The molecule has 1 aromatic carbocycles. The Hall–Kier alpha value is -1.86. The van der Waals surface area contributed by atoms with Gasteiger partial charge in [0.2, 0.25) is 0 Å². The van der Waals surface area contributed by atoms with Crippen LogP contribution in [-0.2, 0) is 4.74 Å². The van der Waals surface area contributed by atoms with Crippen LogP contribution in [0, 0.1) is 10.1 Å². The van der Waals surface area contributed by atoms with Crippen molar-refractivity contribution >= 4 is 17.1 Å². The Labute approximate surface area is 104 Å². The fourth-order valence-electron chi connectivity index (χ4n) is 2.00. The van der Waals surface area contributed by atoms with Gasteiger partial charge in [0.15, 0.2) is 0 Å². The number of nitrogens with two attached hydrogens (primary N) is 2. The van der Waals surface area contributed by atoms with Crippen molar-refractivity contribution in [2.45, 2.75) is 6.10 Å². The van der Waals surface area contributed by atoms with Crippen molar-refractivity contribution in [3.05, 3.63) is 28.3 Å². The minimum atomic E-state index is -0.485. The smallest absolute Gasteiger partial charge is 0.292 e. The zero-order valence-corrected chi connectivity index (χ0v) is 9.91. The summed E-state index contributed by atoms with van der Waals surface area (Å²) in [7, 11) is 0. The van der Waals surface area contributed by atoms with E-state index in [0.717, 1.165) is 12.2 Å². The minimum absolute atomic E-state index is 0.00448. The zero-order valence-electron chi connectivity index (χ0n) is 9.91. The number of nitro groups is 1. The van der Waals surface area contributed by atoms with E-state index in [-0.39, 0.29) is 17.5 Å². The van der Waals surface area contributed by atoms with Crippen LogP contribution < -0.4 is 16.4 Å². The summed E-state index contributed by atoms with van der Waals surface area (Å²) in [5.41, 5.74) is 12.2. The first-order chi connectivity index (χ1) is 8.61. The maximum atomic E-state index is 10.7. The Balaban J connectivity index is 2.18. The molecule has 1 aliphatic rings. The molecule has 1 aliphatic heterocycles. The monoisotopic (exact) mass is 252 g/mol. The second-order valence-corrected chi connectivity index (χ2v) is 4.17. The number of nitrogens with zero attached hydrogens (tertiary/aromatic N) is 2. The van der Waals surface area contributed by atoms with Crippen LogP contribution in [0.3, 0.4) is 0 Å². The molecule has 0 aromatic heterocycles. The Morgan fingerprint density at radius 1 is 1.56 bits per heavy atom. The van der Waals surface area contributed by atoms with Gasteiger partial charge in [-0.25, -0.2) is 0 Å². The maximum absolute atomic E-state index is 10.7. The van der Waals surface area contributed by atoms with Gasteiger partial charge < -0.3 is 21.1 Å². The third kappa shape index (κ3) is 2.52. The molecule has 1 unspecified atom stereocenters. The minimum Gasteiger partial charge on any atom is -0.393 e. The average molecular weight is 252 g/mol. The van der Waals surface area contributed by atoms with Crippen LogP contribution >= 0.6 is 0 Å². The Morgan fingerprint density at radius 3 is 2.94 bits per heavy atom. The fourth-order valence-corrected chi connectivity index (χ4v) is 2.00. The molecule has 0 bridgehead atoms. The van der Waals surface area contributed by atoms with Gasteiger partial charge in [0.05, 0.1) is 17.6 Å². The van der Waals surface area contributed by atoms with Gasteiger partial charge in [-0.3, -0.25) is 10.1 Å². The van der Waals surface area contributed by atoms with Crippen molar-refractivity contribution < 1.29 is 9.66 Å². The third-order valence-electron chi connectivity index (χ3n) is 2.97. The van der Waals surface area contributed by atoms with Crippen molar-refractivity contribution in [3.63, 3.8) is 0 Å². The van der Waals surface area contributed by atoms with E-state index < -0.39 is 4.92 Å². The molecule has 0 radical (unpaired) electrons. The van der Waals surface area contributed by atoms with Gasteiger partial charge in [0.1, 0.15) is 5.69 Å². The molecule has 0 saturated carbocycles. The van der Waals surface area contributed by atoms with Crippen molar-refractivity contribution in [2.75, 3.05) is 36.9 Å². The number of benzene rings is 1. The van der Waals surface area contributed by atoms with Crippen LogP contribution in [-0.4, -0.2) is 37.3 Å². The van der Waals surface area contributed by atoms with Crippen LogP contribution in [0.15, 0.2) is 18.2 Å². The summed E-state index contributed by atoms with van der Waals surface area (Å²) in [6.07, 6.45) is -0.00448. The Bertz CT molecular complexity index is 452. The molecular formula is C11H16N4O3. The standard InChI is InChI=1S/C11H16N4O3/c12-6-9-7-14(3-4-18-9)8-1-2-11(15(16)17)10(13)5-8/h1-2,5,9H,3-4,6-7,12-13H2. The normalized spacial score (nSPS) is 19.8. The zero-order chi connectivity index (χ0) is 13.1. The summed E-state index contributed by atoms with van der Waals surface area (Å²) in [5.74, 6) is 0. The van der Waals surface area contributed by atoms with Crippen molar-refractivity contribution in [2.24, 2.45) is 5.73 Å². The topological polar surface area (TPSA) is 108 Å². The maximum Gasteiger partial charge on any atom is 0.292 e. The lowest BCUT2D eigenvalue weighted by atomic mass is 10.2. The number of rotatable bonds is 3. The van der Waals surface area contributed by atoms with E-state index in [1.165, 1.54) is 6.07 Å². The SMILES string of the molecule is NCC1CN(c2ccc([N+](=O)[O-])c(N)c2)CCO1. The number of ether oxygens (including phenoxy) is 1. The molecule has 1 saturated heterocycles. The van der Waals surface area contributed by atoms with E-state index in [1.54, 1.807) is 12.1 Å². The summed E-state index contributed by atoms with van der Waals surface area (Å²) < 4.78 is 5.46. The number of anilines is 2. The number of nitrogen functional groups attached to an aromatic ring is 1. The molecule has 1 atom stereocenters. The molecular weight excluding hydrogens is 236 g/mol. The van der Waals surface area contributed by atoms with Crippen molar-refractivity contribution in [1.29, 1.82) is 0 Å². The van der Waals surface area contributed by atoms with E-state index in [2.05, 4.69) is 4.90 Å². The lowest BCUT2D eigenvalue weighted by Gasteiger charge is -2.34. The second kappa shape index (κ2) is 5.19. The van der Waals surface area contributed by atoms with Gasteiger partial charge in [0, 0.05) is 31.4 Å². The summed E-state index contributed by atoms with van der Waals surface area (Å²) in [4.78, 5) is 12.3. The van der Waals surface area contributed by atoms with E-state index >= 15 is 0 Å². The van der Waals surface area contributed by atoms with Gasteiger partial charge >= 0.3 is 0 Å². The summed E-state index contributed by atoms with van der Waals surface area (Å²) in [6.45, 7) is 2.46. The van der Waals surface area contributed by atoms with Gasteiger partial charge in [-0.2, -0.15) is 0 Å². The highest BCUT2D eigenvalue weighted by atomic mass is 16.6.